The summed E-state index contributed by atoms with van der Waals surface area (Å²) in [4.78, 5) is 11.1. The number of rotatable bonds is 1. The second-order valence-corrected chi connectivity index (χ2v) is 4.30. The molecule has 1 aromatic carbocycles. The van der Waals surface area contributed by atoms with Gasteiger partial charge in [-0.15, -0.1) is 11.8 Å². The molecule has 4 nitrogen and oxygen atoms in total. The van der Waals surface area contributed by atoms with Crippen LogP contribution in [0.25, 0.3) is 0 Å². The molecule has 0 spiro atoms. The number of nitrogens with two attached hydrogens (primary N) is 1. The van der Waals surface area contributed by atoms with E-state index in [4.69, 9.17) is 5.73 Å². The zero-order valence-corrected chi connectivity index (χ0v) is 8.29. The van der Waals surface area contributed by atoms with E-state index in [1.807, 2.05) is 6.07 Å². The highest BCUT2D eigenvalue weighted by Gasteiger charge is 2.24. The summed E-state index contributed by atoms with van der Waals surface area (Å²) in [5.74, 6) is 0.860. The molecule has 14 heavy (non-hydrogen) atoms. The lowest BCUT2D eigenvalue weighted by atomic mass is 10.0. The maximum atomic E-state index is 10.7. The lowest BCUT2D eigenvalue weighted by molar-refractivity contribution is -0.387. The Morgan fingerprint density at radius 1 is 1.57 bits per heavy atom. The molecule has 0 aromatic heterocycles. The molecule has 74 valence electrons. The van der Waals surface area contributed by atoms with Gasteiger partial charge in [-0.3, -0.25) is 10.1 Å². The molecule has 1 aliphatic heterocycles. The van der Waals surface area contributed by atoms with Gasteiger partial charge in [-0.05, 0) is 12.0 Å². The van der Waals surface area contributed by atoms with E-state index in [1.54, 1.807) is 6.07 Å². The number of hydrogen-bond donors (Lipinski definition) is 1. The Morgan fingerprint density at radius 2 is 2.36 bits per heavy atom. The van der Waals surface area contributed by atoms with Gasteiger partial charge in [0.1, 0.15) is 0 Å². The number of hydrogen-bond acceptors (Lipinski definition) is 4. The Labute approximate surface area is 85.6 Å². The molecule has 0 fully saturated rings. The number of fused-ring (bicyclic) bond motifs is 1. The second-order valence-electron chi connectivity index (χ2n) is 3.20. The van der Waals surface area contributed by atoms with Gasteiger partial charge in [-0.1, -0.05) is 12.1 Å². The fourth-order valence-corrected chi connectivity index (χ4v) is 2.83. The second kappa shape index (κ2) is 3.59. The highest BCUT2D eigenvalue weighted by Crippen LogP contribution is 2.40. The molecule has 0 saturated heterocycles. The number of nitro benzene ring substituents is 1. The minimum Gasteiger partial charge on any atom is -0.324 e. The summed E-state index contributed by atoms with van der Waals surface area (Å²) in [6.07, 6.45) is 0.888. The predicted octanol–water partition coefficient (Wildman–Crippen LogP) is 2.09. The van der Waals surface area contributed by atoms with Gasteiger partial charge in [0.2, 0.25) is 0 Å². The summed E-state index contributed by atoms with van der Waals surface area (Å²) < 4.78 is 0. The molecule has 1 aromatic rings. The van der Waals surface area contributed by atoms with Crippen molar-refractivity contribution in [2.45, 2.75) is 17.4 Å². The van der Waals surface area contributed by atoms with Crippen molar-refractivity contribution in [3.63, 3.8) is 0 Å². The molecule has 0 aliphatic carbocycles. The van der Waals surface area contributed by atoms with Crippen LogP contribution in [-0.4, -0.2) is 10.7 Å². The number of benzene rings is 1. The first-order valence-electron chi connectivity index (χ1n) is 4.36. The third-order valence-electron chi connectivity index (χ3n) is 2.30. The van der Waals surface area contributed by atoms with Crippen LogP contribution in [0.3, 0.4) is 0 Å². The van der Waals surface area contributed by atoms with Crippen LogP contribution in [0.4, 0.5) is 5.69 Å². The maximum Gasteiger partial charge on any atom is 0.283 e. The maximum absolute atomic E-state index is 10.7. The van der Waals surface area contributed by atoms with E-state index in [1.165, 1.54) is 17.8 Å². The summed E-state index contributed by atoms with van der Waals surface area (Å²) in [5, 5.41) is 10.7. The zero-order chi connectivity index (χ0) is 10.1. The molecule has 2 rings (SSSR count). The smallest absolute Gasteiger partial charge is 0.283 e. The number of nitrogens with zero attached hydrogens (tertiary/aromatic N) is 1. The van der Waals surface area contributed by atoms with Crippen LogP contribution < -0.4 is 5.73 Å². The van der Waals surface area contributed by atoms with Crippen LogP contribution in [0.2, 0.25) is 0 Å². The lowest BCUT2D eigenvalue weighted by Gasteiger charge is -2.20. The van der Waals surface area contributed by atoms with Gasteiger partial charge in [0.25, 0.3) is 5.69 Å². The van der Waals surface area contributed by atoms with E-state index < -0.39 is 0 Å². The summed E-state index contributed by atoms with van der Waals surface area (Å²) in [6.45, 7) is 0. The molecule has 1 heterocycles. The van der Waals surface area contributed by atoms with Crippen molar-refractivity contribution in [3.8, 4) is 0 Å². The molecule has 0 bridgehead atoms. The van der Waals surface area contributed by atoms with Crippen molar-refractivity contribution < 1.29 is 4.92 Å². The summed E-state index contributed by atoms with van der Waals surface area (Å²) in [7, 11) is 0. The van der Waals surface area contributed by atoms with Crippen LogP contribution in [0.1, 0.15) is 18.0 Å². The van der Waals surface area contributed by atoms with E-state index >= 15 is 0 Å². The molecule has 1 atom stereocenters. The van der Waals surface area contributed by atoms with Crippen molar-refractivity contribution in [1.29, 1.82) is 0 Å². The number of thioether (sulfide) groups is 1. The monoisotopic (exact) mass is 210 g/mol. The van der Waals surface area contributed by atoms with Crippen molar-refractivity contribution in [2.75, 3.05) is 5.75 Å². The third kappa shape index (κ3) is 1.49. The van der Waals surface area contributed by atoms with Crippen LogP contribution >= 0.6 is 11.8 Å². The Balaban J connectivity index is 2.55. The quantitative estimate of drug-likeness (QED) is 0.569. The molecular weight excluding hydrogens is 200 g/mol. The molecule has 0 amide bonds. The van der Waals surface area contributed by atoms with E-state index in [9.17, 15) is 10.1 Å². The molecular formula is C9H10N2O2S. The number of nitro groups is 1. The SMILES string of the molecule is N[C@H]1CCSc2c1cccc2[N+](=O)[O-]. The van der Waals surface area contributed by atoms with Crippen LogP contribution in [-0.2, 0) is 0 Å². The zero-order valence-electron chi connectivity index (χ0n) is 7.47. The van der Waals surface area contributed by atoms with Gasteiger partial charge in [-0.25, -0.2) is 0 Å². The van der Waals surface area contributed by atoms with Gasteiger partial charge in [-0.2, -0.15) is 0 Å². The fourth-order valence-electron chi connectivity index (χ4n) is 1.58. The van der Waals surface area contributed by atoms with Crippen molar-refractivity contribution in [3.05, 3.63) is 33.9 Å². The van der Waals surface area contributed by atoms with Gasteiger partial charge in [0, 0.05) is 17.9 Å². The van der Waals surface area contributed by atoms with Gasteiger partial charge < -0.3 is 5.73 Å². The first-order chi connectivity index (χ1) is 6.70. The molecule has 0 radical (unpaired) electrons. The summed E-state index contributed by atoms with van der Waals surface area (Å²) in [5.41, 5.74) is 6.97. The Kier molecular flexibility index (Phi) is 2.43. The standard InChI is InChI=1S/C9H10N2O2S/c10-7-4-5-14-9-6(7)2-1-3-8(9)11(12)13/h1-3,7H,4-5,10H2/t7-/m0/s1. The van der Waals surface area contributed by atoms with Gasteiger partial charge in [0.15, 0.2) is 0 Å². The molecule has 0 saturated carbocycles. The first kappa shape index (κ1) is 9.48. The van der Waals surface area contributed by atoms with E-state index in [0.29, 0.717) is 0 Å². The van der Waals surface area contributed by atoms with E-state index in [0.717, 1.165) is 22.6 Å². The molecule has 0 unspecified atom stereocenters. The van der Waals surface area contributed by atoms with Crippen molar-refractivity contribution >= 4 is 17.4 Å². The highest BCUT2D eigenvalue weighted by atomic mass is 32.2. The minimum absolute atomic E-state index is 0.0499. The van der Waals surface area contributed by atoms with Crippen molar-refractivity contribution in [2.24, 2.45) is 5.73 Å². The summed E-state index contributed by atoms with van der Waals surface area (Å²) >= 11 is 1.53. The molecule has 5 heteroatoms. The van der Waals surface area contributed by atoms with Crippen molar-refractivity contribution in [1.82, 2.24) is 0 Å². The fraction of sp³-hybridized carbons (Fsp3) is 0.333. The lowest BCUT2D eigenvalue weighted by Crippen LogP contribution is -2.16. The van der Waals surface area contributed by atoms with E-state index in [-0.39, 0.29) is 16.7 Å². The van der Waals surface area contributed by atoms with Crippen LogP contribution in [0.5, 0.6) is 0 Å². The van der Waals surface area contributed by atoms with Gasteiger partial charge in [0.05, 0.1) is 9.82 Å². The largest absolute Gasteiger partial charge is 0.324 e. The normalized spacial score (nSPS) is 20.2. The van der Waals surface area contributed by atoms with E-state index in [2.05, 4.69) is 0 Å². The third-order valence-corrected chi connectivity index (χ3v) is 3.47. The highest BCUT2D eigenvalue weighted by molar-refractivity contribution is 7.99. The Bertz CT molecular complexity index is 381. The van der Waals surface area contributed by atoms with Crippen LogP contribution in [0.15, 0.2) is 23.1 Å². The summed E-state index contributed by atoms with van der Waals surface area (Å²) in [6, 6.07) is 5.05. The first-order valence-corrected chi connectivity index (χ1v) is 5.34. The predicted molar refractivity (Wildman–Crippen MR) is 55.4 cm³/mol. The Hall–Kier alpha value is -1.07. The Morgan fingerprint density at radius 3 is 3.07 bits per heavy atom. The molecule has 1 aliphatic rings. The topological polar surface area (TPSA) is 69.2 Å². The van der Waals surface area contributed by atoms with Crippen LogP contribution in [0, 0.1) is 10.1 Å². The average Bonchev–Trinajstić information content (AvgIpc) is 2.17. The minimum atomic E-state index is -0.343. The molecule has 2 N–H and O–H groups in total. The van der Waals surface area contributed by atoms with Gasteiger partial charge >= 0.3 is 0 Å². The average molecular weight is 210 g/mol.